The van der Waals surface area contributed by atoms with E-state index in [-0.39, 0.29) is 11.9 Å². The maximum Gasteiger partial charge on any atom is 0.223 e. The Labute approximate surface area is 167 Å². The number of amides is 1. The van der Waals surface area contributed by atoms with Crippen LogP contribution in [0.1, 0.15) is 30.0 Å². The smallest absolute Gasteiger partial charge is 0.223 e. The molecule has 0 bridgehead atoms. The van der Waals surface area contributed by atoms with E-state index in [0.29, 0.717) is 12.8 Å². The molecule has 7 heteroatoms. The molecule has 1 atom stereocenters. The number of carbonyl (C=O) groups is 1. The van der Waals surface area contributed by atoms with Crippen LogP contribution in [0, 0.1) is 0 Å². The van der Waals surface area contributed by atoms with E-state index in [0.717, 1.165) is 21.8 Å². The van der Waals surface area contributed by atoms with Gasteiger partial charge < -0.3 is 4.90 Å². The molecule has 0 spiro atoms. The molecule has 1 amide bonds. The van der Waals surface area contributed by atoms with E-state index in [9.17, 15) is 4.79 Å². The third kappa shape index (κ3) is 3.80. The second kappa shape index (κ2) is 7.90. The SMILES string of the molecule is C[C@@H](c1ccc(-n2cncn2)cc1)N(C)C(=O)CCc1nc2ccccc2s1. The van der Waals surface area contributed by atoms with E-state index >= 15 is 0 Å². The van der Waals surface area contributed by atoms with E-state index < -0.39 is 0 Å². The minimum absolute atomic E-state index is 0.00679. The summed E-state index contributed by atoms with van der Waals surface area (Å²) in [6.45, 7) is 2.04. The first-order valence-electron chi connectivity index (χ1n) is 9.17. The van der Waals surface area contributed by atoms with Gasteiger partial charge in [-0.05, 0) is 36.8 Å². The normalized spacial score (nSPS) is 12.2. The van der Waals surface area contributed by atoms with Crippen LogP contribution in [0.4, 0.5) is 0 Å². The largest absolute Gasteiger partial charge is 0.339 e. The van der Waals surface area contributed by atoms with Gasteiger partial charge in [-0.1, -0.05) is 24.3 Å². The fourth-order valence-corrected chi connectivity index (χ4v) is 4.07. The van der Waals surface area contributed by atoms with Crippen LogP contribution in [-0.4, -0.2) is 37.6 Å². The minimum Gasteiger partial charge on any atom is -0.339 e. The van der Waals surface area contributed by atoms with Crippen molar-refractivity contribution in [3.05, 3.63) is 71.8 Å². The number of benzene rings is 2. The fourth-order valence-electron chi connectivity index (χ4n) is 3.10. The van der Waals surface area contributed by atoms with Crippen LogP contribution in [0.15, 0.2) is 61.2 Å². The van der Waals surface area contributed by atoms with E-state index in [1.54, 1.807) is 27.2 Å². The lowest BCUT2D eigenvalue weighted by atomic mass is 10.1. The maximum absolute atomic E-state index is 12.7. The Morgan fingerprint density at radius 2 is 1.96 bits per heavy atom. The summed E-state index contributed by atoms with van der Waals surface area (Å²) in [5.74, 6) is 0.118. The lowest BCUT2D eigenvalue weighted by Gasteiger charge is -2.25. The van der Waals surface area contributed by atoms with Crippen molar-refractivity contribution in [1.29, 1.82) is 0 Å². The third-order valence-corrected chi connectivity index (χ3v) is 6.02. The standard InChI is InChI=1S/C21H21N5OS/c1-15(16-7-9-17(10-8-16)26-14-22-13-23-26)25(2)21(27)12-11-20-24-18-5-3-4-6-19(18)28-20/h3-10,13-15H,11-12H2,1-2H3/t15-/m0/s1. The number of rotatable bonds is 6. The first-order valence-corrected chi connectivity index (χ1v) is 9.98. The zero-order valence-electron chi connectivity index (χ0n) is 15.8. The van der Waals surface area contributed by atoms with Crippen LogP contribution >= 0.6 is 11.3 Å². The van der Waals surface area contributed by atoms with Crippen LogP contribution in [0.2, 0.25) is 0 Å². The van der Waals surface area contributed by atoms with Crippen LogP contribution < -0.4 is 0 Å². The predicted octanol–water partition coefficient (Wildman–Crippen LogP) is 4.03. The summed E-state index contributed by atoms with van der Waals surface area (Å²) in [6.07, 6.45) is 4.29. The molecule has 0 aliphatic rings. The van der Waals surface area contributed by atoms with Gasteiger partial charge in [0.25, 0.3) is 0 Å². The van der Waals surface area contributed by atoms with Gasteiger partial charge in [0.15, 0.2) is 0 Å². The average Bonchev–Trinajstić information content (AvgIpc) is 3.40. The summed E-state index contributed by atoms with van der Waals surface area (Å²) < 4.78 is 2.88. The molecule has 0 fully saturated rings. The van der Waals surface area contributed by atoms with E-state index in [1.165, 1.54) is 11.0 Å². The van der Waals surface area contributed by atoms with Crippen molar-refractivity contribution in [2.24, 2.45) is 0 Å². The Balaban J connectivity index is 1.38. The molecule has 142 valence electrons. The van der Waals surface area contributed by atoms with Gasteiger partial charge >= 0.3 is 0 Å². The molecule has 0 N–H and O–H groups in total. The van der Waals surface area contributed by atoms with Crippen molar-refractivity contribution >= 4 is 27.5 Å². The molecule has 0 aliphatic heterocycles. The molecule has 0 unspecified atom stereocenters. The number of nitrogens with zero attached hydrogens (tertiary/aromatic N) is 5. The molecule has 6 nitrogen and oxygen atoms in total. The first-order chi connectivity index (χ1) is 13.6. The summed E-state index contributed by atoms with van der Waals surface area (Å²) in [5, 5.41) is 5.14. The number of thiazole rings is 1. The van der Waals surface area contributed by atoms with Crippen LogP contribution in [0.5, 0.6) is 0 Å². The van der Waals surface area contributed by atoms with Crippen molar-refractivity contribution in [2.75, 3.05) is 7.05 Å². The summed E-state index contributed by atoms with van der Waals surface area (Å²) in [6, 6.07) is 16.1. The van der Waals surface area contributed by atoms with Gasteiger partial charge in [0, 0.05) is 19.9 Å². The molecule has 4 aromatic rings. The van der Waals surface area contributed by atoms with E-state index in [2.05, 4.69) is 21.1 Å². The summed E-state index contributed by atoms with van der Waals surface area (Å²) in [5.41, 5.74) is 3.03. The summed E-state index contributed by atoms with van der Waals surface area (Å²) in [4.78, 5) is 23.1. The van der Waals surface area contributed by atoms with Gasteiger partial charge in [0.05, 0.1) is 27.0 Å². The van der Waals surface area contributed by atoms with Gasteiger partial charge in [-0.2, -0.15) is 5.10 Å². The Kier molecular flexibility index (Phi) is 5.16. The average molecular weight is 392 g/mol. The highest BCUT2D eigenvalue weighted by Gasteiger charge is 2.18. The maximum atomic E-state index is 12.7. The number of aryl methyl sites for hydroxylation is 1. The number of hydrogen-bond donors (Lipinski definition) is 0. The summed E-state index contributed by atoms with van der Waals surface area (Å²) >= 11 is 1.66. The zero-order valence-corrected chi connectivity index (χ0v) is 16.6. The quantitative estimate of drug-likeness (QED) is 0.498. The van der Waals surface area contributed by atoms with Crippen molar-refractivity contribution in [3.63, 3.8) is 0 Å². The van der Waals surface area contributed by atoms with Gasteiger partial charge in [0.1, 0.15) is 12.7 Å². The second-order valence-electron chi connectivity index (χ2n) is 6.69. The molecule has 2 aromatic carbocycles. The molecule has 0 saturated carbocycles. The first kappa shape index (κ1) is 18.3. The lowest BCUT2D eigenvalue weighted by molar-refractivity contribution is -0.131. The van der Waals surface area contributed by atoms with E-state index in [1.807, 2.05) is 56.4 Å². The van der Waals surface area contributed by atoms with E-state index in [4.69, 9.17) is 0 Å². The molecule has 28 heavy (non-hydrogen) atoms. The molecule has 0 radical (unpaired) electrons. The fraction of sp³-hybridized carbons (Fsp3) is 0.238. The number of hydrogen-bond acceptors (Lipinski definition) is 5. The molecular formula is C21H21N5OS. The van der Waals surface area contributed by atoms with Gasteiger partial charge in [-0.25, -0.2) is 14.6 Å². The van der Waals surface area contributed by atoms with Crippen LogP contribution in [0.25, 0.3) is 15.9 Å². The minimum atomic E-state index is -0.00679. The van der Waals surface area contributed by atoms with Crippen molar-refractivity contribution in [1.82, 2.24) is 24.6 Å². The predicted molar refractivity (Wildman–Crippen MR) is 110 cm³/mol. The molecule has 0 saturated heterocycles. The molecule has 0 aliphatic carbocycles. The van der Waals surface area contributed by atoms with Gasteiger partial charge in [-0.3, -0.25) is 4.79 Å². The zero-order chi connectivity index (χ0) is 19.5. The third-order valence-electron chi connectivity index (χ3n) is 4.92. The monoisotopic (exact) mass is 391 g/mol. The molecular weight excluding hydrogens is 370 g/mol. The second-order valence-corrected chi connectivity index (χ2v) is 7.80. The van der Waals surface area contributed by atoms with Crippen molar-refractivity contribution in [2.45, 2.75) is 25.8 Å². The number of carbonyl (C=O) groups excluding carboxylic acids is 1. The Morgan fingerprint density at radius 3 is 2.68 bits per heavy atom. The van der Waals surface area contributed by atoms with Gasteiger partial charge in [-0.15, -0.1) is 11.3 Å². The molecule has 2 aromatic heterocycles. The molecule has 4 rings (SSSR count). The number of fused-ring (bicyclic) bond motifs is 1. The highest BCUT2D eigenvalue weighted by Crippen LogP contribution is 2.24. The Bertz CT molecular complexity index is 1040. The number of para-hydroxylation sites is 1. The van der Waals surface area contributed by atoms with Gasteiger partial charge in [0.2, 0.25) is 5.91 Å². The topological polar surface area (TPSA) is 63.9 Å². The van der Waals surface area contributed by atoms with Crippen molar-refractivity contribution in [3.8, 4) is 5.69 Å². The number of aromatic nitrogens is 4. The van der Waals surface area contributed by atoms with Crippen LogP contribution in [0.3, 0.4) is 0 Å². The van der Waals surface area contributed by atoms with Crippen LogP contribution in [-0.2, 0) is 11.2 Å². The molecule has 2 heterocycles. The highest BCUT2D eigenvalue weighted by atomic mass is 32.1. The summed E-state index contributed by atoms with van der Waals surface area (Å²) in [7, 11) is 1.86. The Morgan fingerprint density at radius 1 is 1.18 bits per heavy atom. The van der Waals surface area contributed by atoms with Crippen molar-refractivity contribution < 1.29 is 4.79 Å². The highest BCUT2D eigenvalue weighted by molar-refractivity contribution is 7.18. The lowest BCUT2D eigenvalue weighted by Crippen LogP contribution is -2.29. The Hall–Kier alpha value is -3.06.